The lowest BCUT2D eigenvalue weighted by atomic mass is 9.95. The number of amides is 2. The van der Waals surface area contributed by atoms with Crippen molar-refractivity contribution in [3.8, 4) is 11.1 Å². The molecule has 1 aliphatic rings. The van der Waals surface area contributed by atoms with Gasteiger partial charge in [0, 0.05) is 24.6 Å². The van der Waals surface area contributed by atoms with E-state index in [9.17, 15) is 14.4 Å². The van der Waals surface area contributed by atoms with E-state index < -0.39 is 5.97 Å². The van der Waals surface area contributed by atoms with Gasteiger partial charge in [-0.25, -0.2) is 4.79 Å². The number of piperidine rings is 1. The van der Waals surface area contributed by atoms with E-state index in [4.69, 9.17) is 4.74 Å². The third kappa shape index (κ3) is 5.12. The highest BCUT2D eigenvalue weighted by Crippen LogP contribution is 2.24. The van der Waals surface area contributed by atoms with E-state index >= 15 is 0 Å². The van der Waals surface area contributed by atoms with Crippen LogP contribution in [0.4, 0.5) is 5.69 Å². The van der Waals surface area contributed by atoms with Crippen molar-refractivity contribution >= 4 is 23.5 Å². The first-order valence-corrected chi connectivity index (χ1v) is 11.0. The van der Waals surface area contributed by atoms with Crippen LogP contribution in [-0.4, -0.2) is 42.9 Å². The van der Waals surface area contributed by atoms with E-state index in [0.717, 1.165) is 11.1 Å². The van der Waals surface area contributed by atoms with Crippen molar-refractivity contribution in [1.82, 2.24) is 4.90 Å². The predicted molar refractivity (Wildman–Crippen MR) is 127 cm³/mol. The molecule has 0 radical (unpaired) electrons. The Morgan fingerprint density at radius 2 is 1.42 bits per heavy atom. The fourth-order valence-electron chi connectivity index (χ4n) is 4.08. The lowest BCUT2D eigenvalue weighted by Gasteiger charge is -2.31. The van der Waals surface area contributed by atoms with Gasteiger partial charge in [-0.3, -0.25) is 9.59 Å². The Hall–Kier alpha value is -3.93. The maximum atomic E-state index is 12.9. The highest BCUT2D eigenvalue weighted by molar-refractivity contribution is 6.02. The van der Waals surface area contributed by atoms with E-state index in [1.54, 1.807) is 29.2 Å². The fourth-order valence-corrected chi connectivity index (χ4v) is 4.08. The summed E-state index contributed by atoms with van der Waals surface area (Å²) in [5, 5.41) is 2.85. The first-order chi connectivity index (χ1) is 16.1. The van der Waals surface area contributed by atoms with Gasteiger partial charge in [0.15, 0.2) is 0 Å². The second kappa shape index (κ2) is 10.1. The Balaban J connectivity index is 1.35. The number of carbonyl (C=O) groups excluding carboxylic acids is 3. The summed E-state index contributed by atoms with van der Waals surface area (Å²) >= 11 is 0. The summed E-state index contributed by atoms with van der Waals surface area (Å²) in [5.41, 5.74) is 3.57. The highest BCUT2D eigenvalue weighted by atomic mass is 16.5. The van der Waals surface area contributed by atoms with Crippen LogP contribution in [0.2, 0.25) is 0 Å². The molecule has 0 bridgehead atoms. The SMILES string of the molecule is COC(=O)c1ccccc1NC(=O)C1CCN(C(=O)c2ccc(-c3ccccc3)cc2)CC1. The Bertz CT molecular complexity index is 1130. The predicted octanol–water partition coefficient (Wildman–Crippen LogP) is 4.63. The maximum absolute atomic E-state index is 12.9. The fraction of sp³-hybridized carbons (Fsp3) is 0.222. The van der Waals surface area contributed by atoms with E-state index in [1.165, 1.54) is 7.11 Å². The number of methoxy groups -OCH3 is 1. The second-order valence-corrected chi connectivity index (χ2v) is 8.04. The van der Waals surface area contributed by atoms with Gasteiger partial charge in [-0.1, -0.05) is 54.6 Å². The smallest absolute Gasteiger partial charge is 0.339 e. The molecule has 0 spiro atoms. The molecule has 1 aliphatic heterocycles. The van der Waals surface area contributed by atoms with Crippen molar-refractivity contribution in [3.05, 3.63) is 90.0 Å². The quantitative estimate of drug-likeness (QED) is 0.585. The molecule has 1 heterocycles. The average Bonchev–Trinajstić information content (AvgIpc) is 2.89. The molecule has 0 aliphatic carbocycles. The topological polar surface area (TPSA) is 75.7 Å². The minimum absolute atomic E-state index is 0.0236. The van der Waals surface area contributed by atoms with Gasteiger partial charge in [-0.05, 0) is 48.2 Å². The number of ether oxygens (including phenoxy) is 1. The second-order valence-electron chi connectivity index (χ2n) is 8.04. The summed E-state index contributed by atoms with van der Waals surface area (Å²) in [5.74, 6) is -0.889. The van der Waals surface area contributed by atoms with Crippen LogP contribution >= 0.6 is 0 Å². The number of anilines is 1. The molecule has 33 heavy (non-hydrogen) atoms. The van der Waals surface area contributed by atoms with Crippen LogP contribution < -0.4 is 5.32 Å². The number of carbonyl (C=O) groups is 3. The molecule has 0 unspecified atom stereocenters. The zero-order chi connectivity index (χ0) is 23.2. The van der Waals surface area contributed by atoms with E-state index in [1.807, 2.05) is 54.6 Å². The van der Waals surface area contributed by atoms with Crippen molar-refractivity contribution in [3.63, 3.8) is 0 Å². The number of benzene rings is 3. The first kappa shape index (κ1) is 22.3. The van der Waals surface area contributed by atoms with Crippen molar-refractivity contribution in [2.45, 2.75) is 12.8 Å². The largest absolute Gasteiger partial charge is 0.465 e. The molecule has 1 N–H and O–H groups in total. The minimum Gasteiger partial charge on any atom is -0.465 e. The number of hydrogen-bond donors (Lipinski definition) is 1. The van der Waals surface area contributed by atoms with Gasteiger partial charge in [-0.15, -0.1) is 0 Å². The Morgan fingerprint density at radius 3 is 2.09 bits per heavy atom. The Kier molecular flexibility index (Phi) is 6.83. The molecule has 0 aromatic heterocycles. The molecule has 6 heteroatoms. The summed E-state index contributed by atoms with van der Waals surface area (Å²) in [6.07, 6.45) is 1.14. The van der Waals surface area contributed by atoms with Gasteiger partial charge in [0.1, 0.15) is 0 Å². The van der Waals surface area contributed by atoms with E-state index in [0.29, 0.717) is 42.7 Å². The van der Waals surface area contributed by atoms with Crippen LogP contribution in [0.1, 0.15) is 33.6 Å². The zero-order valence-corrected chi connectivity index (χ0v) is 18.5. The van der Waals surface area contributed by atoms with Crippen LogP contribution in [0.3, 0.4) is 0 Å². The molecule has 6 nitrogen and oxygen atoms in total. The molecule has 1 saturated heterocycles. The number of para-hydroxylation sites is 1. The normalized spacial score (nSPS) is 13.9. The molecular formula is C27H26N2O4. The van der Waals surface area contributed by atoms with Crippen LogP contribution in [0.25, 0.3) is 11.1 Å². The van der Waals surface area contributed by atoms with Gasteiger partial charge in [-0.2, -0.15) is 0 Å². The Morgan fingerprint density at radius 1 is 0.818 bits per heavy atom. The first-order valence-electron chi connectivity index (χ1n) is 11.0. The number of nitrogens with zero attached hydrogens (tertiary/aromatic N) is 1. The molecule has 4 rings (SSSR count). The minimum atomic E-state index is -0.496. The third-order valence-corrected chi connectivity index (χ3v) is 5.98. The summed E-state index contributed by atoms with van der Waals surface area (Å²) in [7, 11) is 1.31. The molecule has 1 fully saturated rings. The standard InChI is InChI=1S/C27H26N2O4/c1-33-27(32)23-9-5-6-10-24(23)28-25(30)21-15-17-29(18-16-21)26(31)22-13-11-20(12-14-22)19-7-3-2-4-8-19/h2-14,21H,15-18H2,1H3,(H,28,30). The summed E-state index contributed by atoms with van der Waals surface area (Å²) < 4.78 is 4.78. The van der Waals surface area contributed by atoms with Crippen LogP contribution in [0.15, 0.2) is 78.9 Å². The van der Waals surface area contributed by atoms with Crippen molar-refractivity contribution < 1.29 is 19.1 Å². The lowest BCUT2D eigenvalue weighted by molar-refractivity contribution is -0.121. The average molecular weight is 443 g/mol. The van der Waals surface area contributed by atoms with Crippen LogP contribution in [-0.2, 0) is 9.53 Å². The van der Waals surface area contributed by atoms with Crippen LogP contribution in [0, 0.1) is 5.92 Å². The number of rotatable bonds is 5. The molecule has 3 aromatic carbocycles. The summed E-state index contributed by atoms with van der Waals surface area (Å²) in [4.78, 5) is 39.4. The van der Waals surface area contributed by atoms with Crippen molar-refractivity contribution in [2.24, 2.45) is 5.92 Å². The summed E-state index contributed by atoms with van der Waals surface area (Å²) in [6.45, 7) is 1.02. The zero-order valence-electron chi connectivity index (χ0n) is 18.5. The van der Waals surface area contributed by atoms with E-state index in [2.05, 4.69) is 5.32 Å². The third-order valence-electron chi connectivity index (χ3n) is 5.98. The van der Waals surface area contributed by atoms with Crippen molar-refractivity contribution in [1.29, 1.82) is 0 Å². The van der Waals surface area contributed by atoms with Gasteiger partial charge in [0.2, 0.25) is 5.91 Å². The van der Waals surface area contributed by atoms with Gasteiger partial charge in [0.05, 0.1) is 18.4 Å². The van der Waals surface area contributed by atoms with Crippen molar-refractivity contribution in [2.75, 3.05) is 25.5 Å². The molecule has 0 saturated carbocycles. The van der Waals surface area contributed by atoms with Gasteiger partial charge in [0.25, 0.3) is 5.91 Å². The Labute approximate surface area is 193 Å². The highest BCUT2D eigenvalue weighted by Gasteiger charge is 2.28. The van der Waals surface area contributed by atoms with Crippen LogP contribution in [0.5, 0.6) is 0 Å². The molecule has 3 aromatic rings. The lowest BCUT2D eigenvalue weighted by Crippen LogP contribution is -2.41. The number of hydrogen-bond acceptors (Lipinski definition) is 4. The molecule has 168 valence electrons. The molecule has 0 atom stereocenters. The van der Waals surface area contributed by atoms with Gasteiger partial charge < -0.3 is 15.0 Å². The van der Waals surface area contributed by atoms with E-state index in [-0.39, 0.29) is 17.7 Å². The monoisotopic (exact) mass is 442 g/mol. The molecule has 2 amide bonds. The number of likely N-dealkylation sites (tertiary alicyclic amines) is 1. The summed E-state index contributed by atoms with van der Waals surface area (Å²) in [6, 6.07) is 24.4. The molecular weight excluding hydrogens is 416 g/mol. The van der Waals surface area contributed by atoms with Gasteiger partial charge >= 0.3 is 5.97 Å². The number of esters is 1. The maximum Gasteiger partial charge on any atom is 0.339 e. The number of nitrogens with one attached hydrogen (secondary N) is 1.